The smallest absolute Gasteiger partial charge is 0.216 e. The number of hydrogen-bond donors (Lipinski definition) is 0. The molecule has 0 spiro atoms. The van der Waals surface area contributed by atoms with Crippen molar-refractivity contribution in [1.29, 1.82) is 0 Å². The van der Waals surface area contributed by atoms with Crippen LogP contribution in [0.5, 0.6) is 0 Å². The van der Waals surface area contributed by atoms with Crippen molar-refractivity contribution in [2.45, 2.75) is 56.4 Å². The number of sulfonamides is 1. The first-order valence-electron chi connectivity index (χ1n) is 7.13. The molecule has 0 heterocycles. The van der Waals surface area contributed by atoms with Crippen molar-refractivity contribution < 1.29 is 13.2 Å². The summed E-state index contributed by atoms with van der Waals surface area (Å²) in [5, 5.41) is -0.302. The first-order valence-corrected chi connectivity index (χ1v) is 8.64. The van der Waals surface area contributed by atoms with Gasteiger partial charge < -0.3 is 9.64 Å². The maximum absolute atomic E-state index is 12.3. The molecule has 0 aromatic rings. The molecule has 20 heavy (non-hydrogen) atoms. The Morgan fingerprint density at radius 3 is 2.15 bits per heavy atom. The van der Waals surface area contributed by atoms with E-state index in [2.05, 4.69) is 4.90 Å². The summed E-state index contributed by atoms with van der Waals surface area (Å²) in [6, 6.07) is 0. The fraction of sp³-hybridized carbons (Fsp3) is 1.00. The third-order valence-corrected chi connectivity index (χ3v) is 6.45. The van der Waals surface area contributed by atoms with E-state index in [0.717, 1.165) is 6.42 Å². The Morgan fingerprint density at radius 1 is 1.20 bits per heavy atom. The molecule has 5 nitrogen and oxygen atoms in total. The minimum Gasteiger partial charge on any atom is -0.374 e. The number of ether oxygens (including phenoxy) is 1. The zero-order chi connectivity index (χ0) is 15.8. The van der Waals surface area contributed by atoms with Crippen molar-refractivity contribution in [3.8, 4) is 0 Å². The van der Waals surface area contributed by atoms with Gasteiger partial charge in [0.05, 0.1) is 17.5 Å². The molecule has 120 valence electrons. The maximum atomic E-state index is 12.3. The molecule has 0 aromatic heterocycles. The molecule has 6 heteroatoms. The first kappa shape index (κ1) is 17.9. The summed E-state index contributed by atoms with van der Waals surface area (Å²) in [4.78, 5) is 2.13. The highest BCUT2D eigenvalue weighted by Crippen LogP contribution is 2.39. The van der Waals surface area contributed by atoms with Gasteiger partial charge in [0.25, 0.3) is 0 Å². The van der Waals surface area contributed by atoms with Crippen molar-refractivity contribution in [1.82, 2.24) is 9.21 Å². The highest BCUT2D eigenvalue weighted by Gasteiger charge is 2.47. The van der Waals surface area contributed by atoms with Gasteiger partial charge in [-0.25, -0.2) is 12.7 Å². The topological polar surface area (TPSA) is 49.9 Å². The number of rotatable bonds is 5. The summed E-state index contributed by atoms with van der Waals surface area (Å²) in [7, 11) is 4.05. The van der Waals surface area contributed by atoms with Crippen LogP contribution in [0.1, 0.15) is 40.0 Å². The Balaban J connectivity index is 2.87. The summed E-state index contributed by atoms with van der Waals surface area (Å²) in [5.74, 6) is 0. The highest BCUT2D eigenvalue weighted by molar-refractivity contribution is 7.89. The van der Waals surface area contributed by atoms with E-state index in [0.29, 0.717) is 19.4 Å². The van der Waals surface area contributed by atoms with Crippen molar-refractivity contribution in [2.24, 2.45) is 0 Å². The average Bonchev–Trinajstić information content (AvgIpc) is 2.71. The molecule has 1 fully saturated rings. The van der Waals surface area contributed by atoms with E-state index in [1.165, 1.54) is 4.31 Å². The molecule has 0 aliphatic heterocycles. The van der Waals surface area contributed by atoms with Gasteiger partial charge in [-0.2, -0.15) is 0 Å². The van der Waals surface area contributed by atoms with E-state index in [-0.39, 0.29) is 16.4 Å². The molecule has 1 saturated carbocycles. The van der Waals surface area contributed by atoms with Crippen LogP contribution in [0.4, 0.5) is 0 Å². The predicted octanol–water partition coefficient (Wildman–Crippen LogP) is 1.55. The lowest BCUT2D eigenvalue weighted by Gasteiger charge is -2.38. The van der Waals surface area contributed by atoms with Crippen molar-refractivity contribution in [2.75, 3.05) is 34.8 Å². The second-order valence-corrected chi connectivity index (χ2v) is 9.64. The molecule has 0 amide bonds. The minimum atomic E-state index is -3.18. The third-order valence-electron chi connectivity index (χ3n) is 4.19. The fourth-order valence-corrected chi connectivity index (χ4v) is 4.16. The minimum absolute atomic E-state index is 0.180. The van der Waals surface area contributed by atoms with Gasteiger partial charge in [-0.05, 0) is 54.1 Å². The number of nitrogens with zero attached hydrogens (tertiary/aromatic N) is 2. The summed E-state index contributed by atoms with van der Waals surface area (Å²) in [6.45, 7) is 6.65. The predicted molar refractivity (Wildman–Crippen MR) is 82.4 cm³/mol. The van der Waals surface area contributed by atoms with Gasteiger partial charge >= 0.3 is 0 Å². The van der Waals surface area contributed by atoms with Crippen molar-refractivity contribution >= 4 is 10.0 Å². The molecule has 1 aliphatic carbocycles. The Morgan fingerprint density at radius 2 is 1.75 bits per heavy atom. The van der Waals surface area contributed by atoms with E-state index in [9.17, 15) is 8.42 Å². The second kappa shape index (κ2) is 5.91. The van der Waals surface area contributed by atoms with Crippen LogP contribution < -0.4 is 0 Å². The van der Waals surface area contributed by atoms with Crippen LogP contribution >= 0.6 is 0 Å². The molecule has 2 unspecified atom stereocenters. The van der Waals surface area contributed by atoms with Crippen LogP contribution in [0, 0.1) is 0 Å². The summed E-state index contributed by atoms with van der Waals surface area (Å²) < 4.78 is 31.9. The molecule has 0 bridgehead atoms. The molecule has 1 rings (SSSR count). The van der Waals surface area contributed by atoms with E-state index in [4.69, 9.17) is 4.74 Å². The molecular weight excluding hydrogens is 276 g/mol. The van der Waals surface area contributed by atoms with Gasteiger partial charge in [0.15, 0.2) is 0 Å². The van der Waals surface area contributed by atoms with E-state index >= 15 is 0 Å². The Hall–Kier alpha value is -0.170. The quantitative estimate of drug-likeness (QED) is 0.773. The van der Waals surface area contributed by atoms with E-state index < -0.39 is 10.0 Å². The third kappa shape index (κ3) is 3.93. The van der Waals surface area contributed by atoms with Crippen molar-refractivity contribution in [3.63, 3.8) is 0 Å². The molecule has 0 saturated heterocycles. The number of likely N-dealkylation sites (N-methyl/N-ethyl adjacent to an activating group) is 1. The Bertz CT molecular complexity index is 426. The summed E-state index contributed by atoms with van der Waals surface area (Å²) >= 11 is 0. The van der Waals surface area contributed by atoms with Crippen LogP contribution in [0.2, 0.25) is 0 Å². The van der Waals surface area contributed by atoms with Crippen molar-refractivity contribution in [3.05, 3.63) is 0 Å². The Labute approximate surface area is 124 Å². The van der Waals surface area contributed by atoms with Crippen LogP contribution in [0.15, 0.2) is 0 Å². The van der Waals surface area contributed by atoms with Crippen LogP contribution in [0.25, 0.3) is 0 Å². The van der Waals surface area contributed by atoms with Gasteiger partial charge in [-0.3, -0.25) is 0 Å². The SMILES string of the molecule is CN(C)C1(COC(C)(C)C)CCC(S(=O)(=O)N(C)C)C1. The van der Waals surface area contributed by atoms with Gasteiger partial charge in [0, 0.05) is 19.6 Å². The lowest BCUT2D eigenvalue weighted by atomic mass is 9.97. The van der Waals surface area contributed by atoms with Gasteiger partial charge in [-0.1, -0.05) is 0 Å². The second-order valence-electron chi connectivity index (χ2n) is 7.21. The van der Waals surface area contributed by atoms with Gasteiger partial charge in [0.1, 0.15) is 0 Å². The van der Waals surface area contributed by atoms with Gasteiger partial charge in [0.2, 0.25) is 10.0 Å². The highest BCUT2D eigenvalue weighted by atomic mass is 32.2. The lowest BCUT2D eigenvalue weighted by Crippen LogP contribution is -2.48. The molecule has 2 atom stereocenters. The molecule has 0 radical (unpaired) electrons. The molecule has 1 aliphatic rings. The monoisotopic (exact) mass is 306 g/mol. The zero-order valence-electron chi connectivity index (χ0n) is 13.9. The van der Waals surface area contributed by atoms with E-state index in [1.54, 1.807) is 14.1 Å². The molecule has 0 aromatic carbocycles. The lowest BCUT2D eigenvalue weighted by molar-refractivity contribution is -0.0603. The Kier molecular flexibility index (Phi) is 5.28. The molecule has 0 N–H and O–H groups in total. The fourth-order valence-electron chi connectivity index (χ4n) is 2.63. The standard InChI is InChI=1S/C14H30N2O3S/c1-13(2,3)19-11-14(15(4)5)9-8-12(10-14)20(17,18)16(6)7/h12H,8-11H2,1-7H3. The van der Waals surface area contributed by atoms with E-state index in [1.807, 2.05) is 34.9 Å². The van der Waals surface area contributed by atoms with Crippen LogP contribution in [-0.4, -0.2) is 68.8 Å². The average molecular weight is 306 g/mol. The number of hydrogen-bond acceptors (Lipinski definition) is 4. The zero-order valence-corrected chi connectivity index (χ0v) is 14.7. The summed E-state index contributed by atoms with van der Waals surface area (Å²) in [5.41, 5.74) is -0.386. The van der Waals surface area contributed by atoms with Gasteiger partial charge in [-0.15, -0.1) is 0 Å². The van der Waals surface area contributed by atoms with Crippen LogP contribution in [-0.2, 0) is 14.8 Å². The maximum Gasteiger partial charge on any atom is 0.216 e. The summed E-state index contributed by atoms with van der Waals surface area (Å²) in [6.07, 6.45) is 2.19. The molecular formula is C14H30N2O3S. The first-order chi connectivity index (χ1) is 8.91. The van der Waals surface area contributed by atoms with Crippen LogP contribution in [0.3, 0.4) is 0 Å². The normalized spacial score (nSPS) is 28.6. The largest absolute Gasteiger partial charge is 0.374 e.